The minimum absolute atomic E-state index is 0. The number of unbranched alkanes of at least 4 members (excludes halogenated alkanes) is 14. The first-order chi connectivity index (χ1) is 14.2. The lowest BCUT2D eigenvalue weighted by molar-refractivity contribution is 0.0494. The summed E-state index contributed by atoms with van der Waals surface area (Å²) in [6, 6.07) is 0.444. The van der Waals surface area contributed by atoms with Crippen molar-refractivity contribution in [2.75, 3.05) is 0 Å². The Morgan fingerprint density at radius 1 is 0.700 bits per heavy atom. The van der Waals surface area contributed by atoms with Gasteiger partial charge in [0.15, 0.2) is 0 Å². The molecule has 4 N–H and O–H groups in total. The van der Waals surface area contributed by atoms with Gasteiger partial charge in [-0.15, -0.1) is 0 Å². The van der Waals surface area contributed by atoms with Gasteiger partial charge < -0.3 is 11.2 Å². The summed E-state index contributed by atoms with van der Waals surface area (Å²) in [4.78, 5) is 0. The van der Waals surface area contributed by atoms with E-state index in [4.69, 9.17) is 5.73 Å². The molecule has 1 aliphatic carbocycles. The van der Waals surface area contributed by atoms with E-state index in [1.165, 1.54) is 141 Å². The molecule has 0 radical (unpaired) electrons. The zero-order chi connectivity index (χ0) is 21.2. The fourth-order valence-electron chi connectivity index (χ4n) is 6.19. The van der Waals surface area contributed by atoms with Gasteiger partial charge in [-0.05, 0) is 37.0 Å². The van der Waals surface area contributed by atoms with Crippen LogP contribution < -0.4 is 5.73 Å². The molecule has 0 heterocycles. The molecule has 0 saturated heterocycles. The predicted molar refractivity (Wildman–Crippen MR) is 136 cm³/mol. The van der Waals surface area contributed by atoms with Crippen LogP contribution in [0.4, 0.5) is 0 Å². The molecule has 3 unspecified atom stereocenters. The fraction of sp³-hybridized carbons (Fsp3) is 1.00. The van der Waals surface area contributed by atoms with Gasteiger partial charge in [0.1, 0.15) is 0 Å². The minimum Gasteiger partial charge on any atom is -0.412 e. The highest BCUT2D eigenvalue weighted by Crippen LogP contribution is 2.48. The van der Waals surface area contributed by atoms with E-state index in [1.807, 2.05) is 0 Å². The monoisotopic (exact) mass is 425 g/mol. The van der Waals surface area contributed by atoms with Gasteiger partial charge in [-0.25, -0.2) is 0 Å². The Morgan fingerprint density at radius 3 is 1.60 bits per heavy atom. The molecule has 0 amide bonds. The molecule has 0 aromatic heterocycles. The Kier molecular flexibility index (Phi) is 19.5. The fourth-order valence-corrected chi connectivity index (χ4v) is 6.19. The van der Waals surface area contributed by atoms with Crippen LogP contribution in [-0.2, 0) is 0 Å². The van der Waals surface area contributed by atoms with E-state index in [0.717, 1.165) is 5.92 Å². The highest BCUT2D eigenvalue weighted by Gasteiger charge is 2.42. The highest BCUT2D eigenvalue weighted by molar-refractivity contribution is 4.95. The summed E-state index contributed by atoms with van der Waals surface area (Å²) in [7, 11) is 0. The number of hydrogen-bond acceptors (Lipinski definition) is 1. The smallest absolute Gasteiger partial charge is 0.00981 e. The second-order valence-electron chi connectivity index (χ2n) is 10.3. The maximum Gasteiger partial charge on any atom is 0.00981 e. The molecular formula is C28H59NO. The van der Waals surface area contributed by atoms with Gasteiger partial charge in [0.25, 0.3) is 0 Å². The molecule has 0 spiro atoms. The molecule has 0 bridgehead atoms. The molecule has 1 rings (SSSR count). The Bertz CT molecular complexity index is 359. The van der Waals surface area contributed by atoms with Crippen LogP contribution in [0.25, 0.3) is 0 Å². The molecule has 0 aromatic carbocycles. The van der Waals surface area contributed by atoms with Gasteiger partial charge in [-0.2, -0.15) is 0 Å². The van der Waals surface area contributed by atoms with Crippen molar-refractivity contribution >= 4 is 0 Å². The van der Waals surface area contributed by atoms with Crippen LogP contribution in [0, 0.1) is 11.3 Å². The van der Waals surface area contributed by atoms with Crippen LogP contribution in [0.1, 0.15) is 162 Å². The van der Waals surface area contributed by atoms with Crippen molar-refractivity contribution in [3.05, 3.63) is 0 Å². The summed E-state index contributed by atoms with van der Waals surface area (Å²) in [6.45, 7) is 7.09. The molecule has 2 heteroatoms. The average Bonchev–Trinajstić information content (AvgIpc) is 2.76. The lowest BCUT2D eigenvalue weighted by atomic mass is 9.59. The van der Waals surface area contributed by atoms with Gasteiger partial charge in [-0.1, -0.05) is 136 Å². The maximum absolute atomic E-state index is 6.81. The van der Waals surface area contributed by atoms with Crippen LogP contribution in [0.2, 0.25) is 0 Å². The summed E-state index contributed by atoms with van der Waals surface area (Å²) in [5.41, 5.74) is 7.28. The molecular weight excluding hydrogens is 366 g/mol. The first kappa shape index (κ1) is 29.9. The summed E-state index contributed by atoms with van der Waals surface area (Å²) in [5, 5.41) is 0. The average molecular weight is 426 g/mol. The Balaban J connectivity index is 0.00000841. The lowest BCUT2D eigenvalue weighted by Crippen LogP contribution is -2.48. The van der Waals surface area contributed by atoms with E-state index in [2.05, 4.69) is 20.8 Å². The lowest BCUT2D eigenvalue weighted by Gasteiger charge is -2.48. The van der Waals surface area contributed by atoms with Crippen molar-refractivity contribution in [1.29, 1.82) is 0 Å². The van der Waals surface area contributed by atoms with Crippen LogP contribution in [-0.4, -0.2) is 11.5 Å². The normalized spacial score (nSPS) is 22.6. The Morgan fingerprint density at radius 2 is 1.17 bits per heavy atom. The summed E-state index contributed by atoms with van der Waals surface area (Å²) in [6.07, 6.45) is 31.2. The molecule has 0 aliphatic heterocycles. The van der Waals surface area contributed by atoms with Crippen LogP contribution in [0.3, 0.4) is 0 Å². The molecule has 1 aliphatic rings. The largest absolute Gasteiger partial charge is 0.412 e. The van der Waals surface area contributed by atoms with E-state index in [9.17, 15) is 0 Å². The van der Waals surface area contributed by atoms with Gasteiger partial charge in [0.05, 0.1) is 0 Å². The van der Waals surface area contributed by atoms with Crippen LogP contribution in [0.15, 0.2) is 0 Å². The van der Waals surface area contributed by atoms with E-state index in [-0.39, 0.29) is 5.48 Å². The van der Waals surface area contributed by atoms with E-state index >= 15 is 0 Å². The second-order valence-corrected chi connectivity index (χ2v) is 10.3. The SMILES string of the molecule is CCCCCCCCCCCCCCCCCC(N)C1(CC)CCCCC1CC.O. The maximum atomic E-state index is 6.81. The Labute approximate surface area is 190 Å². The first-order valence-electron chi connectivity index (χ1n) is 14.0. The van der Waals surface area contributed by atoms with E-state index in [0.29, 0.717) is 11.5 Å². The van der Waals surface area contributed by atoms with Crippen LogP contribution >= 0.6 is 0 Å². The molecule has 3 atom stereocenters. The molecule has 1 fully saturated rings. The molecule has 2 nitrogen and oxygen atoms in total. The van der Waals surface area contributed by atoms with Gasteiger partial charge >= 0.3 is 0 Å². The van der Waals surface area contributed by atoms with Gasteiger partial charge in [0.2, 0.25) is 0 Å². The minimum atomic E-state index is 0. The zero-order valence-corrected chi connectivity index (χ0v) is 21.3. The third kappa shape index (κ3) is 11.5. The van der Waals surface area contributed by atoms with Crippen molar-refractivity contribution in [1.82, 2.24) is 0 Å². The third-order valence-electron chi connectivity index (χ3n) is 8.27. The van der Waals surface area contributed by atoms with Gasteiger partial charge in [0, 0.05) is 6.04 Å². The quantitative estimate of drug-likeness (QED) is 0.207. The third-order valence-corrected chi connectivity index (χ3v) is 8.27. The van der Waals surface area contributed by atoms with Crippen molar-refractivity contribution in [2.45, 2.75) is 168 Å². The van der Waals surface area contributed by atoms with Crippen molar-refractivity contribution in [3.63, 3.8) is 0 Å². The van der Waals surface area contributed by atoms with E-state index in [1.54, 1.807) is 0 Å². The second kappa shape index (κ2) is 19.6. The van der Waals surface area contributed by atoms with Crippen molar-refractivity contribution < 1.29 is 5.48 Å². The van der Waals surface area contributed by atoms with Crippen LogP contribution in [0.5, 0.6) is 0 Å². The first-order valence-corrected chi connectivity index (χ1v) is 14.0. The summed E-state index contributed by atoms with van der Waals surface area (Å²) < 4.78 is 0. The predicted octanol–water partition coefficient (Wildman–Crippen LogP) is 8.75. The zero-order valence-electron chi connectivity index (χ0n) is 21.3. The number of nitrogens with two attached hydrogens (primary N) is 1. The van der Waals surface area contributed by atoms with Gasteiger partial charge in [-0.3, -0.25) is 0 Å². The number of rotatable bonds is 19. The Hall–Kier alpha value is -0.0800. The van der Waals surface area contributed by atoms with Crippen molar-refractivity contribution in [2.24, 2.45) is 17.1 Å². The summed E-state index contributed by atoms with van der Waals surface area (Å²) >= 11 is 0. The number of hydrogen-bond donors (Lipinski definition) is 1. The topological polar surface area (TPSA) is 57.5 Å². The van der Waals surface area contributed by atoms with E-state index < -0.39 is 0 Å². The molecule has 182 valence electrons. The highest BCUT2D eigenvalue weighted by atomic mass is 16.0. The molecule has 30 heavy (non-hydrogen) atoms. The summed E-state index contributed by atoms with van der Waals surface area (Å²) in [5.74, 6) is 0.882. The van der Waals surface area contributed by atoms with Crippen molar-refractivity contribution in [3.8, 4) is 0 Å². The standard InChI is InChI=1S/C28H57N.H2O/c1-4-7-8-9-10-11-12-13-14-15-16-17-18-19-20-24-27(29)28(6-3)25-22-21-23-26(28)5-2;/h26-27H,4-25,29H2,1-3H3;1H2. The molecule has 0 aromatic rings. The molecule has 1 saturated carbocycles.